The molecule has 0 fully saturated rings. The van der Waals surface area contributed by atoms with Gasteiger partial charge in [0.1, 0.15) is 17.9 Å². The van der Waals surface area contributed by atoms with Gasteiger partial charge in [0.15, 0.2) is 5.11 Å². The van der Waals surface area contributed by atoms with Gasteiger partial charge in [0.2, 0.25) is 0 Å². The Morgan fingerprint density at radius 2 is 2.22 bits per heavy atom. The molecule has 0 aliphatic rings. The van der Waals surface area contributed by atoms with E-state index in [9.17, 15) is 4.79 Å². The van der Waals surface area contributed by atoms with Crippen LogP contribution < -0.4 is 15.9 Å². The molecule has 0 saturated heterocycles. The summed E-state index contributed by atoms with van der Waals surface area (Å²) in [5.41, 5.74) is 8.32. The Kier molecular flexibility index (Phi) is 5.06. The summed E-state index contributed by atoms with van der Waals surface area (Å²) in [7, 11) is 0. The molecule has 1 aromatic carbocycles. The van der Waals surface area contributed by atoms with Crippen LogP contribution in [0.3, 0.4) is 0 Å². The van der Waals surface area contributed by atoms with E-state index in [1.54, 1.807) is 25.1 Å². The maximum Gasteiger partial charge on any atom is 0.339 e. The molecule has 96 valence electrons. The fourth-order valence-corrected chi connectivity index (χ4v) is 1.18. The van der Waals surface area contributed by atoms with E-state index >= 15 is 0 Å². The van der Waals surface area contributed by atoms with Crippen LogP contribution in [0.25, 0.3) is 0 Å². The molecule has 4 N–H and O–H groups in total. The van der Waals surface area contributed by atoms with E-state index in [4.69, 9.17) is 15.6 Å². The number of aromatic carboxylic acids is 1. The van der Waals surface area contributed by atoms with Crippen LogP contribution in [0.15, 0.2) is 29.4 Å². The van der Waals surface area contributed by atoms with Crippen LogP contribution in [0.2, 0.25) is 0 Å². The number of hydrogen-bond donors (Lipinski definition) is 3. The number of hydrazone groups is 1. The van der Waals surface area contributed by atoms with Gasteiger partial charge in [-0.25, -0.2) is 4.79 Å². The summed E-state index contributed by atoms with van der Waals surface area (Å²) in [6.07, 6.45) is 0. The van der Waals surface area contributed by atoms with E-state index in [1.807, 2.05) is 0 Å². The number of carboxylic acid groups (broad SMARTS) is 1. The van der Waals surface area contributed by atoms with Crippen molar-refractivity contribution >= 4 is 29.0 Å². The number of carbonyl (C=O) groups is 1. The Labute approximate surface area is 109 Å². The molecule has 1 aromatic rings. The number of nitrogens with zero attached hydrogens (tertiary/aromatic N) is 1. The summed E-state index contributed by atoms with van der Waals surface area (Å²) in [5.74, 6) is -0.753. The monoisotopic (exact) mass is 267 g/mol. The van der Waals surface area contributed by atoms with E-state index in [0.29, 0.717) is 5.71 Å². The maximum atomic E-state index is 10.9. The maximum absolute atomic E-state index is 10.9. The molecule has 18 heavy (non-hydrogen) atoms. The zero-order chi connectivity index (χ0) is 13.5. The molecule has 0 heterocycles. The lowest BCUT2D eigenvalue weighted by atomic mass is 10.2. The van der Waals surface area contributed by atoms with Crippen LogP contribution in [0.4, 0.5) is 0 Å². The molecule has 0 amide bonds. The number of nitrogens with two attached hydrogens (primary N) is 1. The van der Waals surface area contributed by atoms with Crippen LogP contribution in [-0.4, -0.2) is 28.5 Å². The predicted octanol–water partition coefficient (Wildman–Crippen LogP) is 0.973. The van der Waals surface area contributed by atoms with Crippen LogP contribution in [0, 0.1) is 0 Å². The second kappa shape index (κ2) is 6.55. The van der Waals surface area contributed by atoms with Gasteiger partial charge >= 0.3 is 5.97 Å². The molecule has 0 unspecified atom stereocenters. The first-order valence-electron chi connectivity index (χ1n) is 5.04. The minimum absolute atomic E-state index is 0.0558. The van der Waals surface area contributed by atoms with E-state index in [1.165, 1.54) is 6.07 Å². The fourth-order valence-electron chi connectivity index (χ4n) is 1.13. The van der Waals surface area contributed by atoms with Gasteiger partial charge in [-0.05, 0) is 31.3 Å². The highest BCUT2D eigenvalue weighted by molar-refractivity contribution is 7.80. The third-order valence-electron chi connectivity index (χ3n) is 1.91. The number of hydrogen-bond acceptors (Lipinski definition) is 4. The molecule has 0 saturated carbocycles. The highest BCUT2D eigenvalue weighted by Crippen LogP contribution is 2.17. The first-order valence-corrected chi connectivity index (χ1v) is 5.45. The lowest BCUT2D eigenvalue weighted by Gasteiger charge is -2.08. The average molecular weight is 267 g/mol. The minimum atomic E-state index is -1.04. The van der Waals surface area contributed by atoms with Gasteiger partial charge in [0.05, 0.1) is 5.71 Å². The first kappa shape index (κ1) is 13.9. The minimum Gasteiger partial charge on any atom is -0.487 e. The van der Waals surface area contributed by atoms with Gasteiger partial charge in [-0.15, -0.1) is 0 Å². The average Bonchev–Trinajstić information content (AvgIpc) is 2.34. The number of nitrogens with one attached hydrogen (secondary N) is 1. The standard InChI is InChI=1S/C11H13N3O3S/c1-7(13-14-11(12)18)6-17-9-5-3-2-4-8(9)10(15)16/h2-5H,6H2,1H3,(H,15,16)(H3,12,14,18)/b13-7+. The number of ether oxygens (including phenoxy) is 1. The second-order valence-corrected chi connectivity index (χ2v) is 3.85. The SMILES string of the molecule is C/C(COc1ccccc1C(=O)O)=N\NC(N)=S. The van der Waals surface area contributed by atoms with Gasteiger partial charge in [-0.3, -0.25) is 5.43 Å². The first-order chi connectivity index (χ1) is 8.50. The molecule has 6 nitrogen and oxygen atoms in total. The lowest BCUT2D eigenvalue weighted by molar-refractivity contribution is 0.0693. The number of rotatable bonds is 5. The highest BCUT2D eigenvalue weighted by Gasteiger charge is 2.10. The van der Waals surface area contributed by atoms with Crippen molar-refractivity contribution in [3.05, 3.63) is 29.8 Å². The molecular weight excluding hydrogens is 254 g/mol. The summed E-state index contributed by atoms with van der Waals surface area (Å²) in [6, 6.07) is 6.38. The van der Waals surface area contributed by atoms with Crippen molar-refractivity contribution in [3.8, 4) is 5.75 Å². The summed E-state index contributed by atoms with van der Waals surface area (Å²) in [6.45, 7) is 1.84. The molecule has 0 radical (unpaired) electrons. The van der Waals surface area contributed by atoms with Crippen molar-refractivity contribution in [3.63, 3.8) is 0 Å². The lowest BCUT2D eigenvalue weighted by Crippen LogP contribution is -2.26. The largest absolute Gasteiger partial charge is 0.487 e. The van der Waals surface area contributed by atoms with Crippen molar-refractivity contribution in [2.45, 2.75) is 6.92 Å². The molecule has 0 aromatic heterocycles. The summed E-state index contributed by atoms with van der Waals surface area (Å²) in [5, 5.41) is 12.8. The zero-order valence-electron chi connectivity index (χ0n) is 9.71. The Balaban J connectivity index is 2.66. The van der Waals surface area contributed by atoms with Crippen molar-refractivity contribution in [1.29, 1.82) is 0 Å². The van der Waals surface area contributed by atoms with E-state index in [2.05, 4.69) is 22.7 Å². The summed E-state index contributed by atoms with van der Waals surface area (Å²) in [4.78, 5) is 10.9. The van der Waals surface area contributed by atoms with Gasteiger partial charge in [0, 0.05) is 0 Å². The molecular formula is C11H13N3O3S. The van der Waals surface area contributed by atoms with Crippen molar-refractivity contribution < 1.29 is 14.6 Å². The molecule has 1 rings (SSSR count). The smallest absolute Gasteiger partial charge is 0.339 e. The Morgan fingerprint density at radius 1 is 1.56 bits per heavy atom. The molecule has 7 heteroatoms. The molecule has 0 bridgehead atoms. The third-order valence-corrected chi connectivity index (χ3v) is 2.00. The normalized spacial score (nSPS) is 10.8. The second-order valence-electron chi connectivity index (χ2n) is 3.41. The van der Waals surface area contributed by atoms with Crippen molar-refractivity contribution in [2.24, 2.45) is 10.8 Å². The Hall–Kier alpha value is -2.15. The van der Waals surface area contributed by atoms with Gasteiger partial charge < -0.3 is 15.6 Å². The van der Waals surface area contributed by atoms with Gasteiger partial charge in [-0.1, -0.05) is 12.1 Å². The Morgan fingerprint density at radius 3 is 2.83 bits per heavy atom. The van der Waals surface area contributed by atoms with Crippen LogP contribution in [0.1, 0.15) is 17.3 Å². The van der Waals surface area contributed by atoms with Crippen LogP contribution in [-0.2, 0) is 0 Å². The van der Waals surface area contributed by atoms with Crippen molar-refractivity contribution in [1.82, 2.24) is 5.43 Å². The predicted molar refractivity (Wildman–Crippen MR) is 71.9 cm³/mol. The van der Waals surface area contributed by atoms with E-state index in [0.717, 1.165) is 0 Å². The number of benzene rings is 1. The molecule has 0 atom stereocenters. The number of thiocarbonyl (C=S) groups is 1. The van der Waals surface area contributed by atoms with Crippen molar-refractivity contribution in [2.75, 3.05) is 6.61 Å². The Bertz CT molecular complexity index is 488. The number of para-hydroxylation sites is 1. The topological polar surface area (TPSA) is 96.9 Å². The third kappa shape index (κ3) is 4.38. The fraction of sp³-hybridized carbons (Fsp3) is 0.182. The quantitative estimate of drug-likeness (QED) is 0.418. The summed E-state index contributed by atoms with van der Waals surface area (Å²) < 4.78 is 5.36. The van der Waals surface area contributed by atoms with Crippen LogP contribution >= 0.6 is 12.2 Å². The zero-order valence-corrected chi connectivity index (χ0v) is 10.5. The van der Waals surface area contributed by atoms with Gasteiger partial charge in [-0.2, -0.15) is 5.10 Å². The highest BCUT2D eigenvalue weighted by atomic mass is 32.1. The summed E-state index contributed by atoms with van der Waals surface area (Å²) >= 11 is 4.59. The van der Waals surface area contributed by atoms with Crippen LogP contribution in [0.5, 0.6) is 5.75 Å². The molecule has 0 aliphatic heterocycles. The van der Waals surface area contributed by atoms with E-state index in [-0.39, 0.29) is 23.0 Å². The number of carboxylic acids is 1. The van der Waals surface area contributed by atoms with E-state index < -0.39 is 5.97 Å². The van der Waals surface area contributed by atoms with Gasteiger partial charge in [0.25, 0.3) is 0 Å². The molecule has 0 spiro atoms. The molecule has 0 aliphatic carbocycles.